The average molecular weight is 366 g/mol. The van der Waals surface area contributed by atoms with E-state index < -0.39 is 13.1 Å². The molecule has 1 atom stereocenters. The van der Waals surface area contributed by atoms with Gasteiger partial charge in [0.05, 0.1) is 12.5 Å². The van der Waals surface area contributed by atoms with Gasteiger partial charge >= 0.3 is 7.12 Å². The zero-order valence-corrected chi connectivity index (χ0v) is 16.0. The summed E-state index contributed by atoms with van der Waals surface area (Å²) in [5.41, 5.74) is 5.94. The Morgan fingerprint density at radius 3 is 2.52 bits per heavy atom. The Hall–Kier alpha value is -2.15. The molecule has 1 amide bonds. The Labute approximate surface area is 161 Å². The molecule has 0 bridgehead atoms. The van der Waals surface area contributed by atoms with E-state index in [9.17, 15) is 14.8 Å². The Morgan fingerprint density at radius 1 is 1.11 bits per heavy atom. The van der Waals surface area contributed by atoms with E-state index in [-0.39, 0.29) is 12.5 Å². The molecule has 1 aliphatic heterocycles. The second-order valence-electron chi connectivity index (χ2n) is 7.51. The maximum absolute atomic E-state index is 12.5. The molecule has 0 radical (unpaired) electrons. The molecule has 3 N–H and O–H groups in total. The van der Waals surface area contributed by atoms with Crippen LogP contribution in [-0.4, -0.2) is 47.0 Å². The van der Waals surface area contributed by atoms with Gasteiger partial charge in [0.15, 0.2) is 0 Å². The number of nitrogens with zero attached hydrogens (tertiary/aromatic N) is 1. The van der Waals surface area contributed by atoms with E-state index in [2.05, 4.69) is 35.3 Å². The molecule has 1 unspecified atom stereocenters. The van der Waals surface area contributed by atoms with E-state index in [1.807, 2.05) is 31.2 Å². The summed E-state index contributed by atoms with van der Waals surface area (Å²) in [6.45, 7) is 5.90. The van der Waals surface area contributed by atoms with E-state index in [1.165, 1.54) is 16.7 Å². The van der Waals surface area contributed by atoms with E-state index >= 15 is 0 Å². The summed E-state index contributed by atoms with van der Waals surface area (Å²) in [5, 5.41) is 22.1. The third kappa shape index (κ3) is 5.42. The highest BCUT2D eigenvalue weighted by Gasteiger charge is 2.27. The molecule has 27 heavy (non-hydrogen) atoms. The number of aryl methyl sites for hydroxylation is 2. The van der Waals surface area contributed by atoms with Crippen molar-refractivity contribution in [3.8, 4) is 0 Å². The Kier molecular flexibility index (Phi) is 6.32. The van der Waals surface area contributed by atoms with Crippen LogP contribution in [0.5, 0.6) is 0 Å². The molecule has 142 valence electrons. The lowest BCUT2D eigenvalue weighted by Crippen LogP contribution is -2.51. The summed E-state index contributed by atoms with van der Waals surface area (Å²) in [7, 11) is -1.60. The van der Waals surface area contributed by atoms with Gasteiger partial charge in [0.25, 0.3) is 0 Å². The Bertz CT molecular complexity index is 793. The minimum Gasteiger partial charge on any atom is -0.426 e. The molecule has 6 heteroatoms. The number of amides is 1. The molecule has 0 spiro atoms. The summed E-state index contributed by atoms with van der Waals surface area (Å²) in [4.78, 5) is 14.6. The lowest BCUT2D eigenvalue weighted by molar-refractivity contribution is -0.122. The zero-order chi connectivity index (χ0) is 19.4. The molecular formula is C21H27BN2O3. The van der Waals surface area contributed by atoms with Crippen molar-refractivity contribution in [2.45, 2.75) is 39.2 Å². The Morgan fingerprint density at radius 2 is 1.81 bits per heavy atom. The largest absolute Gasteiger partial charge is 0.475 e. The lowest BCUT2D eigenvalue weighted by atomic mass is 9.76. The fourth-order valence-electron chi connectivity index (χ4n) is 3.54. The predicted molar refractivity (Wildman–Crippen MR) is 107 cm³/mol. The highest BCUT2D eigenvalue weighted by atomic mass is 16.4. The zero-order valence-electron chi connectivity index (χ0n) is 16.0. The molecule has 5 nitrogen and oxygen atoms in total. The van der Waals surface area contributed by atoms with Gasteiger partial charge in [-0.15, -0.1) is 0 Å². The van der Waals surface area contributed by atoms with Gasteiger partial charge in [0.1, 0.15) is 0 Å². The predicted octanol–water partition coefficient (Wildman–Crippen LogP) is 1.40. The van der Waals surface area contributed by atoms with Crippen LogP contribution in [0.3, 0.4) is 0 Å². The van der Waals surface area contributed by atoms with Crippen LogP contribution in [-0.2, 0) is 24.2 Å². The van der Waals surface area contributed by atoms with Gasteiger partial charge in [0, 0.05) is 13.1 Å². The fourth-order valence-corrected chi connectivity index (χ4v) is 3.54. The quantitative estimate of drug-likeness (QED) is 0.676. The lowest BCUT2D eigenvalue weighted by Gasteiger charge is -2.29. The van der Waals surface area contributed by atoms with Gasteiger partial charge in [0.2, 0.25) is 5.91 Å². The number of nitrogens with one attached hydrogen (secondary N) is 1. The first-order chi connectivity index (χ1) is 12.9. The van der Waals surface area contributed by atoms with Crippen LogP contribution in [0.2, 0.25) is 0 Å². The van der Waals surface area contributed by atoms with Gasteiger partial charge in [-0.05, 0) is 43.4 Å². The molecule has 0 fully saturated rings. The number of hydrogen-bond acceptors (Lipinski definition) is 4. The number of carbonyl (C=O) groups excluding carboxylic acids is 1. The fraction of sp³-hybridized carbons (Fsp3) is 0.381. The summed E-state index contributed by atoms with van der Waals surface area (Å²) in [6, 6.07) is 14.3. The van der Waals surface area contributed by atoms with Crippen molar-refractivity contribution in [3.63, 3.8) is 0 Å². The van der Waals surface area contributed by atoms with Crippen LogP contribution in [0.15, 0.2) is 42.5 Å². The van der Waals surface area contributed by atoms with Crippen molar-refractivity contribution in [1.82, 2.24) is 10.2 Å². The van der Waals surface area contributed by atoms with E-state index in [1.54, 1.807) is 0 Å². The number of carbonyl (C=O) groups is 1. The molecule has 0 saturated carbocycles. The van der Waals surface area contributed by atoms with Crippen molar-refractivity contribution in [2.75, 3.05) is 13.1 Å². The first-order valence-corrected chi connectivity index (χ1v) is 9.42. The van der Waals surface area contributed by atoms with Crippen LogP contribution < -0.4 is 5.32 Å². The minimum atomic E-state index is -1.60. The Balaban J connectivity index is 1.57. The second-order valence-corrected chi connectivity index (χ2v) is 7.51. The van der Waals surface area contributed by atoms with E-state index in [0.717, 1.165) is 30.6 Å². The van der Waals surface area contributed by atoms with E-state index in [4.69, 9.17) is 0 Å². The minimum absolute atomic E-state index is 0.184. The molecule has 3 rings (SSSR count). The molecule has 2 aromatic carbocycles. The maximum atomic E-state index is 12.5. The molecule has 1 aliphatic rings. The number of rotatable bonds is 6. The van der Waals surface area contributed by atoms with Gasteiger partial charge in [-0.25, -0.2) is 0 Å². The number of hydrogen-bond donors (Lipinski definition) is 3. The third-order valence-electron chi connectivity index (χ3n) is 5.10. The van der Waals surface area contributed by atoms with Crippen molar-refractivity contribution >= 4 is 13.0 Å². The van der Waals surface area contributed by atoms with Gasteiger partial charge in [-0.1, -0.05) is 53.6 Å². The topological polar surface area (TPSA) is 72.8 Å². The summed E-state index contributed by atoms with van der Waals surface area (Å²) in [6.07, 6.45) is 1.31. The van der Waals surface area contributed by atoms with Crippen LogP contribution in [0.1, 0.15) is 27.8 Å². The summed E-state index contributed by atoms with van der Waals surface area (Å²) >= 11 is 0. The van der Waals surface area contributed by atoms with Gasteiger partial charge in [-0.3, -0.25) is 9.69 Å². The van der Waals surface area contributed by atoms with Crippen molar-refractivity contribution in [3.05, 3.63) is 70.3 Å². The summed E-state index contributed by atoms with van der Waals surface area (Å²) in [5.74, 6) is -0.907. The molecule has 0 saturated heterocycles. The molecular weight excluding hydrogens is 339 g/mol. The normalized spacial score (nSPS) is 15.1. The van der Waals surface area contributed by atoms with Crippen LogP contribution in [0, 0.1) is 13.8 Å². The molecule has 1 heterocycles. The molecule has 0 aliphatic carbocycles. The molecule has 2 aromatic rings. The van der Waals surface area contributed by atoms with Crippen molar-refractivity contribution in [1.29, 1.82) is 0 Å². The smallest absolute Gasteiger partial charge is 0.426 e. The maximum Gasteiger partial charge on any atom is 0.475 e. The van der Waals surface area contributed by atoms with Gasteiger partial charge in [-0.2, -0.15) is 0 Å². The van der Waals surface area contributed by atoms with Crippen molar-refractivity contribution in [2.24, 2.45) is 0 Å². The van der Waals surface area contributed by atoms with E-state index in [0.29, 0.717) is 6.42 Å². The third-order valence-corrected chi connectivity index (χ3v) is 5.10. The van der Waals surface area contributed by atoms with Gasteiger partial charge < -0.3 is 15.4 Å². The standard InChI is InChI=1S/C21H27BN2O3/c1-15-3-6-17(7-4-15)12-20(22(26)27)23-21(25)14-24-10-9-18-8-5-16(2)11-19(18)13-24/h3-8,11,20,26-27H,9-10,12-14H2,1-2H3,(H,23,25). The highest BCUT2D eigenvalue weighted by molar-refractivity contribution is 6.43. The highest BCUT2D eigenvalue weighted by Crippen LogP contribution is 2.20. The van der Waals surface area contributed by atoms with Crippen LogP contribution in [0.25, 0.3) is 0 Å². The summed E-state index contributed by atoms with van der Waals surface area (Å²) < 4.78 is 0. The monoisotopic (exact) mass is 366 g/mol. The average Bonchev–Trinajstić information content (AvgIpc) is 2.62. The van der Waals surface area contributed by atoms with Crippen LogP contribution in [0.4, 0.5) is 0 Å². The first kappa shape index (κ1) is 19.6. The van der Waals surface area contributed by atoms with Crippen LogP contribution >= 0.6 is 0 Å². The SMILES string of the molecule is Cc1ccc(CC(NC(=O)CN2CCc3ccc(C)cc3C2)B(O)O)cc1. The number of benzene rings is 2. The molecule has 0 aromatic heterocycles. The first-order valence-electron chi connectivity index (χ1n) is 9.42. The van der Waals surface area contributed by atoms with Crippen molar-refractivity contribution < 1.29 is 14.8 Å². The second kappa shape index (κ2) is 8.70. The number of fused-ring (bicyclic) bond motifs is 1.